The summed E-state index contributed by atoms with van der Waals surface area (Å²) >= 11 is 0. The first-order chi connectivity index (χ1) is 15.0. The van der Waals surface area contributed by atoms with Gasteiger partial charge in [0.05, 0.1) is 21.5 Å². The van der Waals surface area contributed by atoms with E-state index in [0.717, 1.165) is 4.57 Å². The Morgan fingerprint density at radius 2 is 1.85 bits per heavy atom. The normalized spacial score (nSPS) is 27.5. The average molecular weight is 534 g/mol. The highest BCUT2D eigenvalue weighted by atomic mass is 31.3. The van der Waals surface area contributed by atoms with Crippen LogP contribution in [0.2, 0.25) is 0 Å². The number of anilines is 1. The van der Waals surface area contributed by atoms with Crippen molar-refractivity contribution in [3.8, 4) is 5.88 Å². The van der Waals surface area contributed by atoms with E-state index >= 15 is 0 Å². The summed E-state index contributed by atoms with van der Waals surface area (Å²) in [5, 5.41) is 32.6. The highest BCUT2D eigenvalue weighted by Gasteiger charge is 2.48. The predicted molar refractivity (Wildman–Crippen MR) is 91.6 cm³/mol. The first-order valence-corrected chi connectivity index (χ1v) is 12.9. The molecule has 186 valence electrons. The highest BCUT2D eigenvalue weighted by Crippen LogP contribution is 2.62. The molecule has 0 aliphatic carbocycles. The Bertz CT molecular complexity index is 1200. The first kappa shape index (κ1) is 26.1. The Hall–Kier alpha value is -1.56. The molecule has 1 aliphatic heterocycles. The fraction of sp³-hybridized carbons (Fsp3) is 0.545. The number of nitrogen functional groups attached to an aromatic ring is 1. The minimum absolute atomic E-state index is 0.0253. The number of fused-ring (bicyclic) bond motifs is 1. The number of imidazole rings is 1. The number of ether oxygens (including phenoxy) is 1. The quantitative estimate of drug-likeness (QED) is 0.182. The molecule has 3 rings (SSSR count). The lowest BCUT2D eigenvalue weighted by atomic mass is 10.1. The summed E-state index contributed by atoms with van der Waals surface area (Å²) in [6, 6.07) is 0. The topological polar surface area (TPSA) is 302 Å². The van der Waals surface area contributed by atoms with Crippen LogP contribution in [0.15, 0.2) is 6.33 Å². The number of phosphoric acid groups is 3. The van der Waals surface area contributed by atoms with Gasteiger partial charge in [-0.1, -0.05) is 4.98 Å². The van der Waals surface area contributed by atoms with Gasteiger partial charge < -0.3 is 49.9 Å². The van der Waals surface area contributed by atoms with Gasteiger partial charge in [0.25, 0.3) is 13.8 Å². The number of aliphatic hydroxyl groups excluding tert-OH is 2. The number of hydrogen-bond donors (Lipinski definition) is 4. The maximum absolute atomic E-state index is 12.0. The third kappa shape index (κ3) is 5.93. The molecule has 1 saturated heterocycles. The smallest absolute Gasteiger partial charge is 0.478 e. The molecule has 2 aromatic rings. The Balaban J connectivity index is 1.75. The summed E-state index contributed by atoms with van der Waals surface area (Å²) < 4.78 is 52.0. The number of rotatable bonds is 8. The molecule has 0 aromatic carbocycles. The molecule has 2 aromatic heterocycles. The number of phosphoric ester groups is 1. The van der Waals surface area contributed by atoms with Gasteiger partial charge in [0, 0.05) is 5.88 Å². The van der Waals surface area contributed by atoms with Crippen molar-refractivity contribution in [1.82, 2.24) is 14.5 Å². The number of hydrogen-bond acceptors (Lipinski definition) is 16. The van der Waals surface area contributed by atoms with Gasteiger partial charge in [-0.2, -0.15) is 0 Å². The van der Waals surface area contributed by atoms with Crippen LogP contribution in [-0.4, -0.2) is 54.6 Å². The van der Waals surface area contributed by atoms with Gasteiger partial charge in [-0.3, -0.25) is 18.0 Å². The molecule has 19 nitrogen and oxygen atoms in total. The third-order valence-corrected chi connectivity index (χ3v) is 7.86. The first-order valence-electron chi connectivity index (χ1n) is 8.45. The molecular weight excluding hydrogens is 519 g/mol. The van der Waals surface area contributed by atoms with Crippen LogP contribution in [0.25, 0.3) is 11.2 Å². The summed E-state index contributed by atoms with van der Waals surface area (Å²) in [5.41, 5.74) is 5.37. The van der Waals surface area contributed by atoms with E-state index in [4.69, 9.17) is 10.5 Å². The number of aliphatic hydroxyl groups is 2. The molecule has 3 heterocycles. The Labute approximate surface area is 183 Å². The molecule has 1 fully saturated rings. The van der Waals surface area contributed by atoms with Gasteiger partial charge in [-0.05, 0) is 0 Å². The Kier molecular flexibility index (Phi) is 7.03. The standard InChI is InChI=1S/C11H18N5O14P3/c1-15-3-16(8-5(15)9(19)14-11(12)13-8)10-7(18)6(17)4(28-10)2-27-32(23,24)30-33(25,26)29-31(20,21)22/h3-4,6-7,10,17-18H,2H2,1H3,(H6-,12,13,14,19,20,21,22,23,24,25,26)/p-3/t4-,6?,7+,10-/m1/s1. The van der Waals surface area contributed by atoms with Crippen LogP contribution in [-0.2, 0) is 38.6 Å². The number of aryl methyl sites for hydroxylation is 1. The van der Waals surface area contributed by atoms with Crippen LogP contribution < -0.4 is 30.1 Å². The van der Waals surface area contributed by atoms with Crippen molar-refractivity contribution in [1.29, 1.82) is 0 Å². The second kappa shape index (κ2) is 8.90. The van der Waals surface area contributed by atoms with E-state index in [1.165, 1.54) is 17.9 Å². The van der Waals surface area contributed by atoms with Crippen LogP contribution in [0.5, 0.6) is 5.88 Å². The third-order valence-electron chi connectivity index (χ3n) is 4.16. The Morgan fingerprint density at radius 1 is 1.21 bits per heavy atom. The highest BCUT2D eigenvalue weighted by molar-refractivity contribution is 7.65. The summed E-state index contributed by atoms with van der Waals surface area (Å²) in [6.45, 7) is -1.07. The number of nitrogens with two attached hydrogens (primary N) is 1. The summed E-state index contributed by atoms with van der Waals surface area (Å²) in [5.74, 6) is -1.13. The zero-order valence-electron chi connectivity index (χ0n) is 16.1. The van der Waals surface area contributed by atoms with E-state index in [9.17, 15) is 48.6 Å². The maximum atomic E-state index is 12.0. The van der Waals surface area contributed by atoms with Crippen LogP contribution in [0.4, 0.5) is 5.95 Å². The molecular formula is C11H15N5O14P3-3. The minimum Gasteiger partial charge on any atom is -0.856 e. The van der Waals surface area contributed by atoms with E-state index in [0.29, 0.717) is 0 Å². The Morgan fingerprint density at radius 3 is 2.45 bits per heavy atom. The molecule has 22 heteroatoms. The zero-order chi connectivity index (χ0) is 24.9. The van der Waals surface area contributed by atoms with Crippen molar-refractivity contribution in [2.24, 2.45) is 7.05 Å². The summed E-state index contributed by atoms with van der Waals surface area (Å²) in [7, 11) is -16.4. The largest absolute Gasteiger partial charge is 0.856 e. The monoisotopic (exact) mass is 534 g/mol. The van der Waals surface area contributed by atoms with E-state index < -0.39 is 60.5 Å². The maximum Gasteiger partial charge on any atom is 0.478 e. The SMILES string of the molecule is Cn1c[n+]([C@@H]2O[C@H](COP(=O)(O)OP(=O)([O-])OP(=O)([O-])[O-])C(O)[C@@H]2O)c2nc(N)nc([O-])c21. The minimum atomic E-state index is -6.13. The van der Waals surface area contributed by atoms with Gasteiger partial charge >= 0.3 is 13.5 Å². The number of nitrogens with zero attached hydrogens (tertiary/aromatic N) is 4. The second-order valence-corrected chi connectivity index (χ2v) is 10.9. The zero-order valence-corrected chi connectivity index (χ0v) is 18.8. The molecule has 1 aliphatic rings. The van der Waals surface area contributed by atoms with Crippen LogP contribution in [0.1, 0.15) is 6.23 Å². The van der Waals surface area contributed by atoms with E-state index in [1.807, 2.05) is 0 Å². The van der Waals surface area contributed by atoms with Crippen LogP contribution >= 0.6 is 23.5 Å². The molecule has 0 spiro atoms. The van der Waals surface area contributed by atoms with Gasteiger partial charge in [0.15, 0.2) is 11.8 Å². The van der Waals surface area contributed by atoms with Crippen molar-refractivity contribution in [3.63, 3.8) is 0 Å². The van der Waals surface area contributed by atoms with E-state index in [-0.39, 0.29) is 17.1 Å². The van der Waals surface area contributed by atoms with Crippen LogP contribution in [0, 0.1) is 0 Å². The van der Waals surface area contributed by atoms with E-state index in [1.54, 1.807) is 0 Å². The summed E-state index contributed by atoms with van der Waals surface area (Å²) in [4.78, 5) is 48.7. The van der Waals surface area contributed by atoms with Crippen molar-refractivity contribution in [3.05, 3.63) is 6.33 Å². The molecule has 0 bridgehead atoms. The lowest BCUT2D eigenvalue weighted by Gasteiger charge is -2.35. The van der Waals surface area contributed by atoms with Crippen molar-refractivity contribution < 1.29 is 71.0 Å². The molecule has 6 atom stereocenters. The molecule has 3 unspecified atom stereocenters. The van der Waals surface area contributed by atoms with Gasteiger partial charge in [0.2, 0.25) is 6.23 Å². The van der Waals surface area contributed by atoms with Gasteiger partial charge in [0.1, 0.15) is 18.3 Å². The molecule has 33 heavy (non-hydrogen) atoms. The average Bonchev–Trinajstić information content (AvgIpc) is 3.07. The number of aromatic nitrogens is 4. The predicted octanol–water partition coefficient (Wildman–Crippen LogP) is -5.02. The van der Waals surface area contributed by atoms with Crippen molar-refractivity contribution in [2.75, 3.05) is 12.3 Å². The fourth-order valence-electron chi connectivity index (χ4n) is 2.96. The van der Waals surface area contributed by atoms with Crippen LogP contribution in [0.3, 0.4) is 0 Å². The molecule has 0 radical (unpaired) electrons. The molecule has 5 N–H and O–H groups in total. The second-order valence-electron chi connectivity index (χ2n) is 6.56. The summed E-state index contributed by atoms with van der Waals surface area (Å²) in [6.07, 6.45) is -5.22. The molecule has 0 amide bonds. The van der Waals surface area contributed by atoms with Crippen molar-refractivity contribution >= 4 is 40.6 Å². The van der Waals surface area contributed by atoms with Crippen molar-refractivity contribution in [2.45, 2.75) is 24.5 Å². The fourth-order valence-corrected chi connectivity index (χ4v) is 5.87. The lowest BCUT2D eigenvalue weighted by Crippen LogP contribution is -2.46. The van der Waals surface area contributed by atoms with E-state index in [2.05, 4.69) is 23.1 Å². The lowest BCUT2D eigenvalue weighted by molar-refractivity contribution is -0.745. The van der Waals surface area contributed by atoms with Gasteiger partial charge in [-0.25, -0.2) is 18.4 Å². The van der Waals surface area contributed by atoms with Gasteiger partial charge in [-0.15, -0.1) is 0 Å². The molecule has 0 saturated carbocycles.